The Hall–Kier alpha value is -0.800. The first-order chi connectivity index (χ1) is 6.65. The Labute approximate surface area is 85.1 Å². The van der Waals surface area contributed by atoms with Gasteiger partial charge in [0.2, 0.25) is 0 Å². The van der Waals surface area contributed by atoms with Crippen molar-refractivity contribution in [3.05, 3.63) is 23.7 Å². The zero-order valence-corrected chi connectivity index (χ0v) is 9.08. The fraction of sp³-hybridized carbons (Fsp3) is 0.636. The van der Waals surface area contributed by atoms with Crippen LogP contribution in [0.1, 0.15) is 25.2 Å². The molecule has 1 aromatic rings. The van der Waals surface area contributed by atoms with Crippen molar-refractivity contribution in [3.63, 3.8) is 0 Å². The number of furan rings is 1. The van der Waals surface area contributed by atoms with Crippen LogP contribution < -0.4 is 5.32 Å². The number of rotatable bonds is 5. The molecular weight excluding hydrogens is 178 g/mol. The van der Waals surface area contributed by atoms with Crippen molar-refractivity contribution in [2.75, 3.05) is 6.61 Å². The molecule has 1 aromatic heterocycles. The Morgan fingerprint density at radius 3 is 2.71 bits per heavy atom. The minimum absolute atomic E-state index is 0.214. The van der Waals surface area contributed by atoms with Crippen molar-refractivity contribution >= 4 is 0 Å². The van der Waals surface area contributed by atoms with E-state index in [-0.39, 0.29) is 12.5 Å². The Balaban J connectivity index is 2.37. The summed E-state index contributed by atoms with van der Waals surface area (Å²) in [7, 11) is 0. The highest BCUT2D eigenvalue weighted by atomic mass is 16.3. The summed E-state index contributed by atoms with van der Waals surface area (Å²) in [5.41, 5.74) is 1.17. The Morgan fingerprint density at radius 1 is 1.50 bits per heavy atom. The maximum atomic E-state index is 8.95. The van der Waals surface area contributed by atoms with Gasteiger partial charge in [0.15, 0.2) is 0 Å². The zero-order valence-electron chi connectivity index (χ0n) is 9.08. The fourth-order valence-corrected chi connectivity index (χ4v) is 1.20. The van der Waals surface area contributed by atoms with E-state index >= 15 is 0 Å². The van der Waals surface area contributed by atoms with Gasteiger partial charge in [-0.25, -0.2) is 0 Å². The molecule has 1 heterocycles. The molecule has 0 amide bonds. The van der Waals surface area contributed by atoms with E-state index in [0.717, 1.165) is 12.3 Å². The van der Waals surface area contributed by atoms with E-state index in [4.69, 9.17) is 9.52 Å². The second-order valence-corrected chi connectivity index (χ2v) is 3.86. The van der Waals surface area contributed by atoms with Crippen molar-refractivity contribution < 1.29 is 9.52 Å². The Bertz CT molecular complexity index is 270. The molecule has 0 aliphatic rings. The highest BCUT2D eigenvalue weighted by Crippen LogP contribution is 2.09. The molecule has 3 nitrogen and oxygen atoms in total. The minimum Gasteiger partial charge on any atom is -0.468 e. The van der Waals surface area contributed by atoms with Crippen LogP contribution in [0.2, 0.25) is 0 Å². The maximum absolute atomic E-state index is 8.95. The molecule has 0 radical (unpaired) electrons. The van der Waals surface area contributed by atoms with Crippen LogP contribution in [0.15, 0.2) is 16.7 Å². The topological polar surface area (TPSA) is 45.4 Å². The number of hydrogen-bond acceptors (Lipinski definition) is 3. The van der Waals surface area contributed by atoms with E-state index in [1.54, 1.807) is 6.26 Å². The van der Waals surface area contributed by atoms with Gasteiger partial charge in [0.1, 0.15) is 5.76 Å². The van der Waals surface area contributed by atoms with Gasteiger partial charge in [0.25, 0.3) is 0 Å². The summed E-state index contributed by atoms with van der Waals surface area (Å²) in [6, 6.07) is 2.25. The van der Waals surface area contributed by atoms with Crippen LogP contribution in [0.3, 0.4) is 0 Å². The van der Waals surface area contributed by atoms with E-state index in [2.05, 4.69) is 12.2 Å². The number of aryl methyl sites for hydroxylation is 1. The quantitative estimate of drug-likeness (QED) is 0.755. The molecule has 0 saturated carbocycles. The predicted octanol–water partition coefficient (Wildman–Crippen LogP) is 1.69. The van der Waals surface area contributed by atoms with Gasteiger partial charge in [-0.1, -0.05) is 6.92 Å². The van der Waals surface area contributed by atoms with Crippen molar-refractivity contribution in [1.29, 1.82) is 0 Å². The molecular formula is C11H19NO2. The second-order valence-electron chi connectivity index (χ2n) is 3.86. The van der Waals surface area contributed by atoms with Gasteiger partial charge in [-0.2, -0.15) is 0 Å². The van der Waals surface area contributed by atoms with E-state index < -0.39 is 0 Å². The summed E-state index contributed by atoms with van der Waals surface area (Å²) in [4.78, 5) is 0. The first kappa shape index (κ1) is 11.3. The lowest BCUT2D eigenvalue weighted by molar-refractivity contribution is 0.205. The number of nitrogens with one attached hydrogen (secondary N) is 1. The summed E-state index contributed by atoms with van der Waals surface area (Å²) in [6.45, 7) is 7.06. The second kappa shape index (κ2) is 5.17. The van der Waals surface area contributed by atoms with Gasteiger partial charge < -0.3 is 14.8 Å². The molecule has 80 valence electrons. The Morgan fingerprint density at radius 2 is 2.21 bits per heavy atom. The molecule has 2 atom stereocenters. The molecule has 0 aromatic carbocycles. The third-order valence-electron chi connectivity index (χ3n) is 2.69. The Kier molecular flexibility index (Phi) is 4.17. The van der Waals surface area contributed by atoms with Crippen LogP contribution in [0.25, 0.3) is 0 Å². The van der Waals surface area contributed by atoms with Crippen LogP contribution in [-0.4, -0.2) is 17.8 Å². The molecule has 2 N–H and O–H groups in total. The third-order valence-corrected chi connectivity index (χ3v) is 2.69. The lowest BCUT2D eigenvalue weighted by Crippen LogP contribution is -2.33. The van der Waals surface area contributed by atoms with E-state index in [1.807, 2.05) is 19.9 Å². The lowest BCUT2D eigenvalue weighted by atomic mass is 10.1. The van der Waals surface area contributed by atoms with Crippen LogP contribution in [0, 0.1) is 12.8 Å². The monoisotopic (exact) mass is 197 g/mol. The number of aliphatic hydroxyl groups excluding tert-OH is 1. The van der Waals surface area contributed by atoms with Crippen LogP contribution >= 0.6 is 0 Å². The van der Waals surface area contributed by atoms with Gasteiger partial charge in [-0.05, 0) is 31.4 Å². The average Bonchev–Trinajstić information content (AvgIpc) is 2.59. The molecule has 0 aliphatic heterocycles. The van der Waals surface area contributed by atoms with Crippen molar-refractivity contribution in [2.45, 2.75) is 33.4 Å². The summed E-state index contributed by atoms with van der Waals surface area (Å²) in [6.07, 6.45) is 1.70. The smallest absolute Gasteiger partial charge is 0.120 e. The van der Waals surface area contributed by atoms with E-state index in [9.17, 15) is 0 Å². The third kappa shape index (κ3) is 2.86. The highest BCUT2D eigenvalue weighted by molar-refractivity contribution is 5.14. The average molecular weight is 197 g/mol. The molecule has 14 heavy (non-hydrogen) atoms. The van der Waals surface area contributed by atoms with Crippen LogP contribution in [-0.2, 0) is 6.54 Å². The van der Waals surface area contributed by atoms with Gasteiger partial charge in [-0.3, -0.25) is 0 Å². The molecule has 0 aliphatic carbocycles. The molecule has 0 saturated heterocycles. The maximum Gasteiger partial charge on any atom is 0.120 e. The SMILES string of the molecule is Cc1ccoc1CNC(C)C(C)CO. The van der Waals surface area contributed by atoms with Crippen molar-refractivity contribution in [2.24, 2.45) is 5.92 Å². The first-order valence-corrected chi connectivity index (χ1v) is 5.02. The lowest BCUT2D eigenvalue weighted by Gasteiger charge is -2.18. The van der Waals surface area contributed by atoms with Crippen molar-refractivity contribution in [1.82, 2.24) is 5.32 Å². The molecule has 2 unspecified atom stereocenters. The largest absolute Gasteiger partial charge is 0.468 e. The summed E-state index contributed by atoms with van der Waals surface area (Å²) in [5, 5.41) is 12.3. The van der Waals surface area contributed by atoms with E-state index in [1.165, 1.54) is 5.56 Å². The molecule has 0 bridgehead atoms. The number of aliphatic hydroxyl groups is 1. The normalized spacial score (nSPS) is 15.4. The summed E-state index contributed by atoms with van der Waals surface area (Å²) >= 11 is 0. The fourth-order valence-electron chi connectivity index (χ4n) is 1.20. The minimum atomic E-state index is 0.214. The van der Waals surface area contributed by atoms with Gasteiger partial charge in [0.05, 0.1) is 12.8 Å². The molecule has 0 fully saturated rings. The highest BCUT2D eigenvalue weighted by Gasteiger charge is 2.11. The molecule has 0 spiro atoms. The van der Waals surface area contributed by atoms with Crippen molar-refractivity contribution in [3.8, 4) is 0 Å². The standard InChI is InChI=1S/C11H19NO2/c1-8-4-5-14-11(8)6-12-10(3)9(2)7-13/h4-5,9-10,12-13H,6-7H2,1-3H3. The molecule has 1 rings (SSSR count). The van der Waals surface area contributed by atoms with Gasteiger partial charge >= 0.3 is 0 Å². The first-order valence-electron chi connectivity index (χ1n) is 5.02. The van der Waals surface area contributed by atoms with Crippen LogP contribution in [0.4, 0.5) is 0 Å². The predicted molar refractivity (Wildman–Crippen MR) is 56.0 cm³/mol. The molecule has 3 heteroatoms. The zero-order chi connectivity index (χ0) is 10.6. The summed E-state index contributed by atoms with van der Waals surface area (Å²) in [5.74, 6) is 1.24. The van der Waals surface area contributed by atoms with Gasteiger partial charge in [0, 0.05) is 12.6 Å². The van der Waals surface area contributed by atoms with Crippen LogP contribution in [0.5, 0.6) is 0 Å². The van der Waals surface area contributed by atoms with Gasteiger partial charge in [-0.15, -0.1) is 0 Å². The summed E-state index contributed by atoms with van der Waals surface area (Å²) < 4.78 is 5.30. The van der Waals surface area contributed by atoms with E-state index in [0.29, 0.717) is 6.04 Å². The number of hydrogen-bond donors (Lipinski definition) is 2.